The fourth-order valence-corrected chi connectivity index (χ4v) is 3.94. The van der Waals surface area contributed by atoms with Crippen molar-refractivity contribution >= 4 is 0 Å². The number of hydrogen-bond acceptors (Lipinski definition) is 1. The second-order valence-corrected chi connectivity index (χ2v) is 4.89. The lowest BCUT2D eigenvalue weighted by Crippen LogP contribution is -2.53. The Morgan fingerprint density at radius 3 is 2.18 bits per heavy atom. The molecule has 0 unspecified atom stereocenters. The molecule has 5 aliphatic carbocycles. The van der Waals surface area contributed by atoms with Gasteiger partial charge in [-0.1, -0.05) is 0 Å². The number of fused-ring (bicyclic) bond motifs is 2. The van der Waals surface area contributed by atoms with Crippen molar-refractivity contribution in [1.82, 2.24) is 0 Å². The van der Waals surface area contributed by atoms with Gasteiger partial charge in [-0.3, -0.25) is 0 Å². The van der Waals surface area contributed by atoms with Crippen molar-refractivity contribution in [1.29, 1.82) is 0 Å². The van der Waals surface area contributed by atoms with Crippen LogP contribution in [0.5, 0.6) is 0 Å². The molecule has 0 aliphatic heterocycles. The molecule has 5 saturated carbocycles. The third-order valence-electron chi connectivity index (χ3n) is 4.49. The van der Waals surface area contributed by atoms with E-state index in [1.807, 2.05) is 0 Å². The van der Waals surface area contributed by atoms with Crippen LogP contribution >= 0.6 is 0 Å². The first-order valence-electron chi connectivity index (χ1n) is 5.10. The monoisotopic (exact) mass is 151 g/mol. The van der Waals surface area contributed by atoms with Gasteiger partial charge in [-0.15, -0.1) is 0 Å². The molecule has 0 spiro atoms. The van der Waals surface area contributed by atoms with Gasteiger partial charge in [0.1, 0.15) is 0 Å². The van der Waals surface area contributed by atoms with E-state index in [4.69, 9.17) is 5.73 Å². The quantitative estimate of drug-likeness (QED) is 0.561. The maximum Gasteiger partial charge on any atom is 0.00726 e. The molecule has 0 radical (unpaired) electrons. The predicted molar refractivity (Wildman–Crippen MR) is 45.0 cm³/mol. The first-order chi connectivity index (χ1) is 5.34. The molecule has 1 heteroatoms. The third kappa shape index (κ3) is 0.752. The summed E-state index contributed by atoms with van der Waals surface area (Å²) in [7, 11) is 0. The summed E-state index contributed by atoms with van der Waals surface area (Å²) in [5.74, 6) is 4.09. The summed E-state index contributed by atoms with van der Waals surface area (Å²) in [4.78, 5) is 0. The number of rotatable bonds is 0. The number of nitrogens with two attached hydrogens (primary N) is 1. The van der Waals surface area contributed by atoms with Crippen LogP contribution < -0.4 is 5.73 Å². The molecular formula is C10H17N. The highest BCUT2D eigenvalue weighted by Gasteiger charge is 2.48. The second-order valence-electron chi connectivity index (χ2n) is 4.89. The Morgan fingerprint density at radius 1 is 0.818 bits per heavy atom. The molecule has 11 heavy (non-hydrogen) atoms. The Bertz CT molecular complexity index is 176. The van der Waals surface area contributed by atoms with E-state index in [0.717, 1.165) is 23.7 Å². The minimum absolute atomic E-state index is 0.579. The summed E-state index contributed by atoms with van der Waals surface area (Å²) in [5, 5.41) is 0. The Morgan fingerprint density at radius 2 is 1.64 bits per heavy atom. The van der Waals surface area contributed by atoms with Gasteiger partial charge in [-0.05, 0) is 55.8 Å². The van der Waals surface area contributed by atoms with Crippen LogP contribution in [0.1, 0.15) is 32.1 Å². The van der Waals surface area contributed by atoms with E-state index in [1.54, 1.807) is 0 Å². The molecule has 5 rings (SSSR count). The average molecular weight is 151 g/mol. The van der Waals surface area contributed by atoms with E-state index in [2.05, 4.69) is 0 Å². The molecule has 4 bridgehead atoms. The van der Waals surface area contributed by atoms with Gasteiger partial charge in [0.15, 0.2) is 0 Å². The molecule has 2 N–H and O–H groups in total. The van der Waals surface area contributed by atoms with Gasteiger partial charge in [0.25, 0.3) is 0 Å². The van der Waals surface area contributed by atoms with E-state index < -0.39 is 0 Å². The molecule has 5 aliphatic rings. The van der Waals surface area contributed by atoms with Crippen LogP contribution in [0.15, 0.2) is 0 Å². The summed E-state index contributed by atoms with van der Waals surface area (Å²) in [6.07, 6.45) is 7.39. The van der Waals surface area contributed by atoms with Gasteiger partial charge in [-0.25, -0.2) is 0 Å². The topological polar surface area (TPSA) is 26.0 Å². The zero-order valence-corrected chi connectivity index (χ0v) is 7.00. The lowest BCUT2D eigenvalue weighted by Gasteiger charge is -2.55. The highest BCUT2D eigenvalue weighted by molar-refractivity contribution is 5.01. The highest BCUT2D eigenvalue weighted by Crippen LogP contribution is 2.55. The van der Waals surface area contributed by atoms with Crippen molar-refractivity contribution in [2.45, 2.75) is 38.1 Å². The maximum atomic E-state index is 6.11. The van der Waals surface area contributed by atoms with Crippen LogP contribution in [-0.2, 0) is 0 Å². The predicted octanol–water partition coefficient (Wildman–Crippen LogP) is 1.77. The van der Waals surface area contributed by atoms with Crippen LogP contribution in [0.4, 0.5) is 0 Å². The zero-order chi connectivity index (χ0) is 7.42. The van der Waals surface area contributed by atoms with Crippen molar-refractivity contribution < 1.29 is 0 Å². The summed E-state index contributed by atoms with van der Waals surface area (Å²) in [6.45, 7) is 0. The molecule has 0 heterocycles. The Balaban J connectivity index is 1.93. The average Bonchev–Trinajstić information content (AvgIpc) is 2.05. The largest absolute Gasteiger partial charge is 0.327 e. The fraction of sp³-hybridized carbons (Fsp3) is 1.00. The van der Waals surface area contributed by atoms with Crippen LogP contribution in [0.25, 0.3) is 0 Å². The zero-order valence-electron chi connectivity index (χ0n) is 7.00. The molecule has 1 nitrogen and oxygen atoms in total. The lowest BCUT2D eigenvalue weighted by atomic mass is 9.52. The van der Waals surface area contributed by atoms with Gasteiger partial charge in [0.2, 0.25) is 0 Å². The van der Waals surface area contributed by atoms with Gasteiger partial charge < -0.3 is 5.73 Å². The van der Waals surface area contributed by atoms with Crippen molar-refractivity contribution in [3.63, 3.8) is 0 Å². The molecule has 0 aromatic rings. The van der Waals surface area contributed by atoms with Gasteiger partial charge in [0, 0.05) is 6.04 Å². The standard InChI is InChI=1S/C10H17N/c11-10-5-8-3-7-2-1-6(8)4-9(7)10/h6-10H,1-5,11H2/t6-,7-,8+,9-,10+/m0/s1. The minimum Gasteiger partial charge on any atom is -0.327 e. The summed E-state index contributed by atoms with van der Waals surface area (Å²) >= 11 is 0. The Hall–Kier alpha value is -0.0400. The minimum atomic E-state index is 0.579. The summed E-state index contributed by atoms with van der Waals surface area (Å²) in [5.41, 5.74) is 6.11. The molecule has 0 aromatic heterocycles. The first-order valence-corrected chi connectivity index (χ1v) is 5.10. The van der Waals surface area contributed by atoms with Crippen molar-refractivity contribution in [2.24, 2.45) is 29.4 Å². The molecule has 5 atom stereocenters. The number of hydrogen-bond donors (Lipinski definition) is 1. The van der Waals surface area contributed by atoms with Crippen LogP contribution in [0.3, 0.4) is 0 Å². The maximum absolute atomic E-state index is 6.11. The van der Waals surface area contributed by atoms with E-state index in [1.165, 1.54) is 32.1 Å². The van der Waals surface area contributed by atoms with Gasteiger partial charge in [0.05, 0.1) is 0 Å². The second kappa shape index (κ2) is 2.01. The molecule has 0 aromatic carbocycles. The third-order valence-corrected chi connectivity index (χ3v) is 4.49. The van der Waals surface area contributed by atoms with E-state index >= 15 is 0 Å². The molecule has 62 valence electrons. The van der Waals surface area contributed by atoms with Crippen molar-refractivity contribution in [3.05, 3.63) is 0 Å². The van der Waals surface area contributed by atoms with Gasteiger partial charge >= 0.3 is 0 Å². The Kier molecular flexibility index (Phi) is 1.18. The summed E-state index contributed by atoms with van der Waals surface area (Å²) in [6, 6.07) is 0.579. The van der Waals surface area contributed by atoms with Crippen LogP contribution in [0, 0.1) is 23.7 Å². The molecule has 0 amide bonds. The summed E-state index contributed by atoms with van der Waals surface area (Å²) < 4.78 is 0. The van der Waals surface area contributed by atoms with Gasteiger partial charge in [-0.2, -0.15) is 0 Å². The SMILES string of the molecule is N[C@@H]1C[C@H]2C[C@@H]3CC[C@H]2C[C@@H]31. The van der Waals surface area contributed by atoms with E-state index in [9.17, 15) is 0 Å². The first kappa shape index (κ1) is 6.47. The normalized spacial score (nSPS) is 60.3. The molecular weight excluding hydrogens is 134 g/mol. The van der Waals surface area contributed by atoms with Crippen LogP contribution in [-0.4, -0.2) is 6.04 Å². The fourth-order valence-electron chi connectivity index (χ4n) is 3.94. The smallest absolute Gasteiger partial charge is 0.00726 e. The van der Waals surface area contributed by atoms with Crippen molar-refractivity contribution in [3.8, 4) is 0 Å². The molecule has 5 fully saturated rings. The van der Waals surface area contributed by atoms with Crippen molar-refractivity contribution in [2.75, 3.05) is 0 Å². The highest BCUT2D eigenvalue weighted by atomic mass is 14.7. The van der Waals surface area contributed by atoms with E-state index in [0.29, 0.717) is 6.04 Å². The molecule has 0 saturated heterocycles. The Labute approximate surface area is 68.3 Å². The van der Waals surface area contributed by atoms with Crippen LogP contribution in [0.2, 0.25) is 0 Å². The van der Waals surface area contributed by atoms with E-state index in [-0.39, 0.29) is 0 Å². The lowest BCUT2D eigenvalue weighted by molar-refractivity contribution is -0.0306.